The first-order valence-corrected chi connectivity index (χ1v) is 5.35. The number of ether oxygens (including phenoxy) is 1. The smallest absolute Gasteiger partial charge is 0.305 e. The number of unbranched alkanes of at least 4 members (excludes halogenated alkanes) is 5. The number of methoxy groups -OCH3 is 1. The Bertz CT molecular complexity index is 194. The van der Waals surface area contributed by atoms with E-state index in [0.29, 0.717) is 12.8 Å². The summed E-state index contributed by atoms with van der Waals surface area (Å²) in [4.78, 5) is 20.4. The topological polar surface area (TPSA) is 69.4 Å². The molecule has 0 aliphatic rings. The number of carbonyl (C=O) groups excluding carboxylic acids is 1. The fourth-order valence-corrected chi connectivity index (χ4v) is 1.32. The summed E-state index contributed by atoms with van der Waals surface area (Å²) < 4.78 is 4.51. The molecule has 0 spiro atoms. The van der Waals surface area contributed by atoms with Gasteiger partial charge in [0.05, 0.1) is 7.11 Å². The second-order valence-corrected chi connectivity index (χ2v) is 3.50. The number of hydrogen-bond donors (Lipinski definition) is 0. The van der Waals surface area contributed by atoms with Crippen molar-refractivity contribution in [3.63, 3.8) is 0 Å². The van der Waals surface area contributed by atoms with Gasteiger partial charge >= 0.3 is 5.97 Å². The number of nitrogens with zero attached hydrogens (tertiary/aromatic N) is 1. The molecule has 0 radical (unpaired) electrons. The van der Waals surface area contributed by atoms with Crippen LogP contribution >= 0.6 is 0 Å². The van der Waals surface area contributed by atoms with Crippen LogP contribution in [0.4, 0.5) is 0 Å². The molecule has 0 aromatic heterocycles. The maximum atomic E-state index is 10.7. The largest absolute Gasteiger partial charge is 0.469 e. The van der Waals surface area contributed by atoms with Crippen LogP contribution in [-0.4, -0.2) is 24.5 Å². The summed E-state index contributed by atoms with van der Waals surface area (Å²) in [6.45, 7) is 0.0716. The zero-order valence-electron chi connectivity index (χ0n) is 9.24. The maximum Gasteiger partial charge on any atom is 0.305 e. The Balaban J connectivity index is 3.05. The van der Waals surface area contributed by atoms with Crippen LogP contribution in [0.1, 0.15) is 44.9 Å². The summed E-state index contributed by atoms with van der Waals surface area (Å²) in [5, 5.41) is 10.00. The first-order valence-electron chi connectivity index (χ1n) is 5.35. The van der Waals surface area contributed by atoms with Crippen molar-refractivity contribution < 1.29 is 14.5 Å². The highest BCUT2D eigenvalue weighted by Crippen LogP contribution is 2.07. The molecule has 0 saturated heterocycles. The average molecular weight is 217 g/mol. The number of rotatable bonds is 9. The molecule has 0 bridgehead atoms. The van der Waals surface area contributed by atoms with Crippen molar-refractivity contribution in [1.29, 1.82) is 0 Å². The highest BCUT2D eigenvalue weighted by atomic mass is 16.6. The molecule has 0 amide bonds. The molecule has 0 rings (SSSR count). The lowest BCUT2D eigenvalue weighted by atomic mass is 10.1. The Kier molecular flexibility index (Phi) is 8.72. The molecule has 0 aromatic rings. The van der Waals surface area contributed by atoms with Crippen LogP contribution in [0.5, 0.6) is 0 Å². The number of carbonyl (C=O) groups is 1. The lowest BCUT2D eigenvalue weighted by molar-refractivity contribution is -0.480. The third-order valence-electron chi connectivity index (χ3n) is 2.20. The summed E-state index contributed by atoms with van der Waals surface area (Å²) in [5.41, 5.74) is 0. The second-order valence-electron chi connectivity index (χ2n) is 3.50. The predicted molar refractivity (Wildman–Crippen MR) is 56.2 cm³/mol. The van der Waals surface area contributed by atoms with Crippen LogP contribution < -0.4 is 0 Å². The molecule has 0 aliphatic heterocycles. The molecule has 0 unspecified atom stereocenters. The molecule has 0 aliphatic carbocycles. The highest BCUT2D eigenvalue weighted by molar-refractivity contribution is 5.68. The van der Waals surface area contributed by atoms with Crippen LogP contribution in [0.3, 0.4) is 0 Å². The minimum atomic E-state index is -0.281. The number of esters is 1. The molecule has 5 nitrogen and oxygen atoms in total. The normalized spacial score (nSPS) is 9.93. The third-order valence-corrected chi connectivity index (χ3v) is 2.20. The Labute approximate surface area is 90.0 Å². The van der Waals surface area contributed by atoms with Crippen LogP contribution in [0.2, 0.25) is 0 Å². The fraction of sp³-hybridized carbons (Fsp3) is 0.900. The third kappa shape index (κ3) is 10.8. The van der Waals surface area contributed by atoms with Gasteiger partial charge in [-0.2, -0.15) is 0 Å². The van der Waals surface area contributed by atoms with Gasteiger partial charge in [0, 0.05) is 17.8 Å². The minimum absolute atomic E-state index is 0.0716. The quantitative estimate of drug-likeness (QED) is 0.257. The lowest BCUT2D eigenvalue weighted by Crippen LogP contribution is -2.00. The average Bonchev–Trinajstić information content (AvgIpc) is 2.21. The molecule has 0 heterocycles. The Morgan fingerprint density at radius 3 is 2.20 bits per heavy atom. The standard InChI is InChI=1S/C10H19NO4/c1-15-10(12)8-6-4-2-3-5-7-9-11(13)14/h2-9H2,1H3. The summed E-state index contributed by atoms with van der Waals surface area (Å²) in [7, 11) is 1.39. The van der Waals surface area contributed by atoms with Gasteiger partial charge in [0.1, 0.15) is 0 Å². The molecule has 0 saturated carbocycles. The van der Waals surface area contributed by atoms with E-state index < -0.39 is 0 Å². The van der Waals surface area contributed by atoms with Crippen LogP contribution in [0.25, 0.3) is 0 Å². The lowest BCUT2D eigenvalue weighted by Gasteiger charge is -2.00. The SMILES string of the molecule is COC(=O)CCCCCCCC[N+](=O)[O-]. The Morgan fingerprint density at radius 1 is 1.13 bits per heavy atom. The molecule has 5 heteroatoms. The van der Waals surface area contributed by atoms with Gasteiger partial charge in [-0.1, -0.05) is 19.3 Å². The molecule has 88 valence electrons. The molecule has 0 N–H and O–H groups in total. The highest BCUT2D eigenvalue weighted by Gasteiger charge is 2.00. The van der Waals surface area contributed by atoms with Crippen molar-refractivity contribution in [2.45, 2.75) is 44.9 Å². The van der Waals surface area contributed by atoms with E-state index >= 15 is 0 Å². The van der Waals surface area contributed by atoms with Crippen molar-refractivity contribution in [3.05, 3.63) is 10.1 Å². The van der Waals surface area contributed by atoms with Gasteiger partial charge in [-0.3, -0.25) is 14.9 Å². The van der Waals surface area contributed by atoms with Gasteiger partial charge in [0.25, 0.3) is 0 Å². The van der Waals surface area contributed by atoms with Crippen molar-refractivity contribution in [3.8, 4) is 0 Å². The van der Waals surface area contributed by atoms with Crippen LogP contribution in [0.15, 0.2) is 0 Å². The summed E-state index contributed by atoms with van der Waals surface area (Å²) >= 11 is 0. The molecule has 15 heavy (non-hydrogen) atoms. The Hall–Kier alpha value is -1.13. The van der Waals surface area contributed by atoms with Crippen molar-refractivity contribution in [2.24, 2.45) is 0 Å². The fourth-order valence-electron chi connectivity index (χ4n) is 1.32. The summed E-state index contributed by atoms with van der Waals surface area (Å²) in [6, 6.07) is 0. The number of hydrogen-bond acceptors (Lipinski definition) is 4. The van der Waals surface area contributed by atoms with Crippen molar-refractivity contribution in [2.75, 3.05) is 13.7 Å². The van der Waals surface area contributed by atoms with E-state index in [0.717, 1.165) is 32.1 Å². The zero-order chi connectivity index (χ0) is 11.5. The van der Waals surface area contributed by atoms with E-state index in [1.807, 2.05) is 0 Å². The van der Waals surface area contributed by atoms with Gasteiger partial charge in [-0.05, 0) is 12.8 Å². The Morgan fingerprint density at radius 2 is 1.67 bits per heavy atom. The van der Waals surface area contributed by atoms with Crippen LogP contribution in [-0.2, 0) is 9.53 Å². The van der Waals surface area contributed by atoms with E-state index in [9.17, 15) is 14.9 Å². The molecular weight excluding hydrogens is 198 g/mol. The van der Waals surface area contributed by atoms with Crippen molar-refractivity contribution >= 4 is 5.97 Å². The van der Waals surface area contributed by atoms with Crippen LogP contribution in [0, 0.1) is 10.1 Å². The monoisotopic (exact) mass is 217 g/mol. The maximum absolute atomic E-state index is 10.7. The first kappa shape index (κ1) is 13.9. The predicted octanol–water partition coefficient (Wildman–Crippen LogP) is 2.17. The first-order chi connectivity index (χ1) is 7.16. The summed E-state index contributed by atoms with van der Waals surface area (Å²) in [5.74, 6) is -0.164. The molecule has 0 aromatic carbocycles. The van der Waals surface area contributed by atoms with E-state index in [1.165, 1.54) is 7.11 Å². The van der Waals surface area contributed by atoms with E-state index in [1.54, 1.807) is 0 Å². The van der Waals surface area contributed by atoms with Gasteiger partial charge in [-0.15, -0.1) is 0 Å². The summed E-state index contributed by atoms with van der Waals surface area (Å²) in [6.07, 6.45) is 5.92. The molecule has 0 fully saturated rings. The van der Waals surface area contributed by atoms with Gasteiger partial charge in [-0.25, -0.2) is 0 Å². The van der Waals surface area contributed by atoms with Gasteiger partial charge in [0.2, 0.25) is 6.54 Å². The van der Waals surface area contributed by atoms with E-state index in [-0.39, 0.29) is 17.4 Å². The van der Waals surface area contributed by atoms with E-state index in [4.69, 9.17) is 0 Å². The van der Waals surface area contributed by atoms with Crippen molar-refractivity contribution in [1.82, 2.24) is 0 Å². The van der Waals surface area contributed by atoms with Gasteiger partial charge < -0.3 is 4.74 Å². The molecule has 0 atom stereocenters. The minimum Gasteiger partial charge on any atom is -0.469 e. The second kappa shape index (κ2) is 9.43. The van der Waals surface area contributed by atoms with Gasteiger partial charge in [0.15, 0.2) is 0 Å². The molecular formula is C10H19NO4. The number of nitro groups is 1. The zero-order valence-corrected chi connectivity index (χ0v) is 9.24. The van der Waals surface area contributed by atoms with E-state index in [2.05, 4.69) is 4.74 Å².